The summed E-state index contributed by atoms with van der Waals surface area (Å²) in [6, 6.07) is -1.59. The summed E-state index contributed by atoms with van der Waals surface area (Å²) in [5, 5.41) is 28.7. The van der Waals surface area contributed by atoms with Crippen molar-refractivity contribution in [2.45, 2.75) is 147 Å². The first-order chi connectivity index (χ1) is 28.9. The average molecular weight is 858 g/mol. The van der Waals surface area contributed by atoms with E-state index >= 15 is 0 Å². The lowest BCUT2D eigenvalue weighted by atomic mass is 9.92. The van der Waals surface area contributed by atoms with Gasteiger partial charge in [0.15, 0.2) is 7.85 Å². The number of nitrogens with two attached hydrogens (primary N) is 1. The highest BCUT2D eigenvalue weighted by molar-refractivity contribution is 6.59. The average Bonchev–Trinajstić information content (AvgIpc) is 3.20. The fraction of sp³-hybridized carbons (Fsp3) is 0.829. The minimum Gasteiger partial charge on any atom is -0.481 e. The van der Waals surface area contributed by atoms with Crippen LogP contribution in [0.3, 0.4) is 0 Å². The third kappa shape index (κ3) is 39.8. The Balaban J connectivity index is 3.65. The van der Waals surface area contributed by atoms with Crippen LogP contribution in [-0.4, -0.2) is 144 Å². The molecular formula is C41H76BN5O13. The van der Waals surface area contributed by atoms with Crippen LogP contribution in [-0.2, 0) is 52.5 Å². The zero-order valence-corrected chi connectivity index (χ0v) is 36.2. The van der Waals surface area contributed by atoms with E-state index in [-0.39, 0.29) is 121 Å². The van der Waals surface area contributed by atoms with Gasteiger partial charge in [0.1, 0.15) is 19.3 Å². The molecule has 0 aromatic rings. The topological polar surface area (TPSA) is 271 Å². The van der Waals surface area contributed by atoms with Gasteiger partial charge in [-0.2, -0.15) is 0 Å². The maximum absolute atomic E-state index is 12.3. The fourth-order valence-corrected chi connectivity index (χ4v) is 5.89. The van der Waals surface area contributed by atoms with E-state index in [1.165, 1.54) is 52.8 Å². The van der Waals surface area contributed by atoms with Crippen LogP contribution in [0.2, 0.25) is 0 Å². The second-order valence-electron chi connectivity index (χ2n) is 14.9. The summed E-state index contributed by atoms with van der Waals surface area (Å²) in [7, 11) is 1.46. The number of carbonyl (C=O) groups excluding carboxylic acids is 5. The fourth-order valence-electron chi connectivity index (χ4n) is 5.89. The third-order valence-corrected chi connectivity index (χ3v) is 9.47. The predicted molar refractivity (Wildman–Crippen MR) is 228 cm³/mol. The first-order valence-electron chi connectivity index (χ1n) is 22.0. The summed E-state index contributed by atoms with van der Waals surface area (Å²) in [6.07, 6.45) is 17.5. The van der Waals surface area contributed by atoms with E-state index in [1.807, 2.05) is 0 Å². The smallest absolute Gasteiger partial charge is 0.326 e. The van der Waals surface area contributed by atoms with E-state index in [0.717, 1.165) is 51.4 Å². The molecule has 4 amide bonds. The maximum atomic E-state index is 12.3. The Morgan fingerprint density at radius 2 is 0.900 bits per heavy atom. The number of hydrogen-bond donors (Lipinski definition) is 7. The second-order valence-corrected chi connectivity index (χ2v) is 14.9. The van der Waals surface area contributed by atoms with Crippen LogP contribution >= 0.6 is 0 Å². The van der Waals surface area contributed by atoms with Crippen LogP contribution in [0.15, 0.2) is 0 Å². The zero-order chi connectivity index (χ0) is 44.5. The van der Waals surface area contributed by atoms with Crippen LogP contribution in [0.5, 0.6) is 0 Å². The molecule has 18 nitrogen and oxygen atoms in total. The molecule has 0 fully saturated rings. The quantitative estimate of drug-likeness (QED) is 0.0340. The maximum Gasteiger partial charge on any atom is 0.326 e. The molecule has 8 N–H and O–H groups in total. The van der Waals surface area contributed by atoms with Crippen LogP contribution in [0, 0.1) is 0 Å². The summed E-state index contributed by atoms with van der Waals surface area (Å²) in [4.78, 5) is 81.4. The summed E-state index contributed by atoms with van der Waals surface area (Å²) in [6.45, 7) is 2.03. The first-order valence-corrected chi connectivity index (χ1v) is 22.0. The highest BCUT2D eigenvalue weighted by Gasteiger charge is 2.21. The summed E-state index contributed by atoms with van der Waals surface area (Å²) >= 11 is 0. The number of unbranched alkanes of at least 4 members (excludes halogenated alkanes) is 14. The third-order valence-electron chi connectivity index (χ3n) is 9.47. The number of nitrogens with one attached hydrogen (secondary N) is 4. The number of amides is 4. The Hall–Kier alpha value is -3.65. The van der Waals surface area contributed by atoms with Crippen molar-refractivity contribution in [3.8, 4) is 0 Å². The van der Waals surface area contributed by atoms with Crippen molar-refractivity contribution >= 4 is 49.1 Å². The van der Waals surface area contributed by atoms with Crippen molar-refractivity contribution in [3.63, 3.8) is 0 Å². The molecule has 2 atom stereocenters. The van der Waals surface area contributed by atoms with Crippen LogP contribution in [0.4, 0.5) is 0 Å². The lowest BCUT2D eigenvalue weighted by Crippen LogP contribution is -2.41. The van der Waals surface area contributed by atoms with E-state index in [2.05, 4.69) is 21.3 Å². The van der Waals surface area contributed by atoms with Crippen molar-refractivity contribution in [2.75, 3.05) is 72.5 Å². The van der Waals surface area contributed by atoms with E-state index < -0.39 is 24.0 Å². The van der Waals surface area contributed by atoms with Crippen LogP contribution < -0.4 is 27.0 Å². The van der Waals surface area contributed by atoms with Crippen molar-refractivity contribution in [1.82, 2.24) is 21.3 Å². The molecule has 19 heteroatoms. The lowest BCUT2D eigenvalue weighted by molar-refractivity contribution is -0.142. The number of aliphatic carboxylic acids is 2. The summed E-state index contributed by atoms with van der Waals surface area (Å²) in [5.74, 6) is -3.14. The molecule has 0 radical (unpaired) electrons. The van der Waals surface area contributed by atoms with Gasteiger partial charge in [0.2, 0.25) is 23.6 Å². The van der Waals surface area contributed by atoms with Crippen molar-refractivity contribution < 1.29 is 62.7 Å². The largest absolute Gasteiger partial charge is 0.481 e. The molecule has 0 aliphatic carbocycles. The Morgan fingerprint density at radius 1 is 0.467 bits per heavy atom. The SMILES string of the molecule is BC(=O)[C@@H](N)CCCCNC(=O)COCCOCCNC(=O)COCCOCCNC(=O)CC[C@H](NC(=O)CCCCCCCCCCCCCCCCC(=O)O)C(=O)O. The van der Waals surface area contributed by atoms with Gasteiger partial charge in [0.05, 0.1) is 51.4 Å². The van der Waals surface area contributed by atoms with Gasteiger partial charge >= 0.3 is 11.9 Å². The molecule has 0 aliphatic rings. The highest BCUT2D eigenvalue weighted by Crippen LogP contribution is 2.14. The molecular weight excluding hydrogens is 781 g/mol. The van der Waals surface area contributed by atoms with Gasteiger partial charge in [-0.05, 0) is 38.5 Å². The lowest BCUT2D eigenvalue weighted by Gasteiger charge is -2.14. The highest BCUT2D eigenvalue weighted by atomic mass is 16.5. The standard InChI is InChI=1S/C41H76BN5O13/c42-40(54)33(43)17-15-16-22-44-37(50)31-59-29-28-58-26-24-46-38(51)32-60-30-27-57-25-23-45-35(48)21-20-34(41(55)56)47-36(49)18-13-11-9-7-5-3-1-2-4-6-8-10-12-14-19-39(52)53/h33-34H,1-32,42-43H2,(H,44,50)(H,45,48)(H,46,51)(H,47,49)(H,52,53)(H,55,56)/t33-,34-/m0/s1. The zero-order valence-electron chi connectivity index (χ0n) is 36.2. The number of rotatable bonds is 44. The van der Waals surface area contributed by atoms with Gasteiger partial charge in [-0.25, -0.2) is 4.79 Å². The van der Waals surface area contributed by atoms with Crippen LogP contribution in [0.25, 0.3) is 0 Å². The molecule has 0 bridgehead atoms. The van der Waals surface area contributed by atoms with Crippen molar-refractivity contribution in [1.29, 1.82) is 0 Å². The van der Waals surface area contributed by atoms with Crippen LogP contribution in [0.1, 0.15) is 135 Å². The van der Waals surface area contributed by atoms with Crippen molar-refractivity contribution in [3.05, 3.63) is 0 Å². The molecule has 346 valence electrons. The minimum absolute atomic E-state index is 0.0271. The normalized spacial score (nSPS) is 12.0. The van der Waals surface area contributed by atoms with Crippen molar-refractivity contribution in [2.24, 2.45) is 5.73 Å². The predicted octanol–water partition coefficient (Wildman–Crippen LogP) is 1.73. The number of carboxylic acids is 2. The molecule has 0 unspecified atom stereocenters. The van der Waals surface area contributed by atoms with Gasteiger partial charge in [-0.3, -0.25) is 24.0 Å². The molecule has 0 aliphatic heterocycles. The molecule has 0 rings (SSSR count). The molecule has 0 aromatic heterocycles. The van der Waals surface area contributed by atoms with E-state index in [1.54, 1.807) is 0 Å². The molecule has 0 aromatic carbocycles. The van der Waals surface area contributed by atoms with Gasteiger partial charge in [-0.1, -0.05) is 77.0 Å². The Morgan fingerprint density at radius 3 is 1.37 bits per heavy atom. The molecule has 0 saturated heterocycles. The van der Waals surface area contributed by atoms with E-state index in [4.69, 9.17) is 29.8 Å². The van der Waals surface area contributed by atoms with E-state index in [9.17, 15) is 38.7 Å². The van der Waals surface area contributed by atoms with Gasteiger partial charge < -0.3 is 61.0 Å². The Kier molecular flexibility index (Phi) is 38.3. The first kappa shape index (κ1) is 56.4. The second kappa shape index (κ2) is 40.7. The Labute approximate surface area is 357 Å². The van der Waals surface area contributed by atoms with Gasteiger partial charge in [0, 0.05) is 38.9 Å². The van der Waals surface area contributed by atoms with E-state index in [0.29, 0.717) is 19.4 Å². The van der Waals surface area contributed by atoms with Gasteiger partial charge in [-0.15, -0.1) is 0 Å². The number of carbonyl (C=O) groups is 7. The number of carboxylic acid groups (broad SMARTS) is 2. The number of ether oxygens (including phenoxy) is 4. The summed E-state index contributed by atoms with van der Waals surface area (Å²) in [5.41, 5.74) is 5.62. The molecule has 0 saturated carbocycles. The molecule has 0 heterocycles. The number of hydrogen-bond acceptors (Lipinski definition) is 12. The Bertz CT molecular complexity index is 1180. The minimum atomic E-state index is -1.18. The monoisotopic (exact) mass is 858 g/mol. The molecule has 60 heavy (non-hydrogen) atoms. The van der Waals surface area contributed by atoms with Gasteiger partial charge in [0.25, 0.3) is 0 Å². The molecule has 0 spiro atoms. The summed E-state index contributed by atoms with van der Waals surface area (Å²) < 4.78 is 21.3.